The van der Waals surface area contributed by atoms with Crippen LogP contribution in [0, 0.1) is 0 Å². The fourth-order valence-corrected chi connectivity index (χ4v) is 1.35. The fraction of sp³-hybridized carbons (Fsp3) is 0.714. The van der Waals surface area contributed by atoms with E-state index in [0.29, 0.717) is 6.42 Å². The third-order valence-electron chi connectivity index (χ3n) is 1.72. The van der Waals surface area contributed by atoms with E-state index in [1.807, 2.05) is 0 Å². The molecule has 1 N–H and O–H groups in total. The topological polar surface area (TPSA) is 20.2 Å². The highest BCUT2D eigenvalue weighted by Gasteiger charge is 2.20. The molecule has 1 saturated carbocycles. The predicted molar refractivity (Wildman–Crippen MR) is 38.6 cm³/mol. The van der Waals surface area contributed by atoms with Crippen molar-refractivity contribution in [2.75, 3.05) is 0 Å². The molecule has 1 fully saturated rings. The second-order valence-corrected chi connectivity index (χ2v) is 3.08. The number of aliphatic hydroxyl groups excluding tert-OH is 1. The zero-order chi connectivity index (χ0) is 6.85. The lowest BCUT2D eigenvalue weighted by atomic mass is 9.93. The number of hydrogen-bond donors (Lipinski definition) is 1. The van der Waals surface area contributed by atoms with E-state index < -0.39 is 0 Å². The molecule has 2 atom stereocenters. The van der Waals surface area contributed by atoms with E-state index in [2.05, 4.69) is 6.58 Å². The molecule has 1 rings (SSSR count). The Morgan fingerprint density at radius 3 is 2.78 bits per heavy atom. The van der Waals surface area contributed by atoms with Crippen LogP contribution in [0.25, 0.3) is 0 Å². The van der Waals surface area contributed by atoms with Crippen LogP contribution in [-0.2, 0) is 0 Å². The summed E-state index contributed by atoms with van der Waals surface area (Å²) < 4.78 is 0. The number of hydrogen-bond acceptors (Lipinski definition) is 1. The molecular formula is C7H11ClO. The van der Waals surface area contributed by atoms with Crippen LogP contribution in [-0.4, -0.2) is 16.6 Å². The van der Waals surface area contributed by atoms with Gasteiger partial charge in [-0.2, -0.15) is 0 Å². The van der Waals surface area contributed by atoms with Gasteiger partial charge in [-0.05, 0) is 19.3 Å². The van der Waals surface area contributed by atoms with E-state index >= 15 is 0 Å². The molecule has 1 aliphatic rings. The van der Waals surface area contributed by atoms with E-state index in [-0.39, 0.29) is 11.5 Å². The Hall–Kier alpha value is -0.0100. The maximum atomic E-state index is 9.07. The van der Waals surface area contributed by atoms with E-state index in [9.17, 15) is 0 Å². The van der Waals surface area contributed by atoms with Crippen molar-refractivity contribution in [1.82, 2.24) is 0 Å². The smallest absolute Gasteiger partial charge is 0.0567 e. The van der Waals surface area contributed by atoms with E-state index in [1.54, 1.807) is 0 Å². The summed E-state index contributed by atoms with van der Waals surface area (Å²) in [5.41, 5.74) is 1.07. The zero-order valence-electron chi connectivity index (χ0n) is 5.31. The molecule has 0 bridgehead atoms. The van der Waals surface area contributed by atoms with Gasteiger partial charge in [-0.25, -0.2) is 0 Å². The average Bonchev–Trinajstić information content (AvgIpc) is 1.80. The highest BCUT2D eigenvalue weighted by atomic mass is 35.5. The molecule has 2 heteroatoms. The van der Waals surface area contributed by atoms with Gasteiger partial charge in [0.25, 0.3) is 0 Å². The normalized spacial score (nSPS) is 36.9. The highest BCUT2D eigenvalue weighted by molar-refractivity contribution is 6.22. The van der Waals surface area contributed by atoms with Gasteiger partial charge in [0, 0.05) is 0 Å². The Labute approximate surface area is 60.3 Å². The minimum Gasteiger partial charge on any atom is -0.393 e. The lowest BCUT2D eigenvalue weighted by Crippen LogP contribution is -2.21. The number of rotatable bonds is 0. The third kappa shape index (κ3) is 1.70. The van der Waals surface area contributed by atoms with Gasteiger partial charge >= 0.3 is 0 Å². The maximum absolute atomic E-state index is 9.07. The summed E-state index contributed by atoms with van der Waals surface area (Å²) in [6, 6.07) is 0. The first kappa shape index (κ1) is 7.10. The van der Waals surface area contributed by atoms with Crippen molar-refractivity contribution < 1.29 is 5.11 Å². The molecule has 0 aromatic carbocycles. The van der Waals surface area contributed by atoms with Gasteiger partial charge in [0.05, 0.1) is 11.5 Å². The molecule has 0 saturated heterocycles. The van der Waals surface area contributed by atoms with Crippen LogP contribution in [0.3, 0.4) is 0 Å². The first-order chi connectivity index (χ1) is 4.20. The molecule has 1 nitrogen and oxygen atoms in total. The second-order valence-electron chi connectivity index (χ2n) is 2.55. The zero-order valence-corrected chi connectivity index (χ0v) is 6.06. The molecule has 9 heavy (non-hydrogen) atoms. The molecular weight excluding hydrogens is 136 g/mol. The lowest BCUT2D eigenvalue weighted by Gasteiger charge is -2.22. The van der Waals surface area contributed by atoms with Crippen molar-refractivity contribution in [3.8, 4) is 0 Å². The van der Waals surface area contributed by atoms with E-state index in [1.165, 1.54) is 0 Å². The number of alkyl halides is 1. The van der Waals surface area contributed by atoms with Crippen molar-refractivity contribution >= 4 is 11.6 Å². The summed E-state index contributed by atoms with van der Waals surface area (Å²) in [5.74, 6) is 0. The van der Waals surface area contributed by atoms with Crippen molar-refractivity contribution in [3.05, 3.63) is 12.2 Å². The standard InChI is InChI=1S/C7H11ClO/c1-5-2-3-6(9)4-7(5)8/h6-7,9H,1-4H2. The van der Waals surface area contributed by atoms with Gasteiger partial charge in [0.1, 0.15) is 0 Å². The van der Waals surface area contributed by atoms with Gasteiger partial charge in [-0.3, -0.25) is 0 Å². The molecule has 0 radical (unpaired) electrons. The predicted octanol–water partition coefficient (Wildman–Crippen LogP) is 1.69. The van der Waals surface area contributed by atoms with Crippen molar-refractivity contribution in [2.24, 2.45) is 0 Å². The molecule has 0 aliphatic heterocycles. The largest absolute Gasteiger partial charge is 0.393 e. The molecule has 0 spiro atoms. The minimum atomic E-state index is -0.196. The third-order valence-corrected chi connectivity index (χ3v) is 2.21. The van der Waals surface area contributed by atoms with Gasteiger partial charge < -0.3 is 5.11 Å². The first-order valence-corrected chi connectivity index (χ1v) is 3.63. The summed E-state index contributed by atoms with van der Waals surface area (Å²) in [5, 5.41) is 9.08. The Morgan fingerprint density at radius 1 is 1.67 bits per heavy atom. The molecule has 0 aromatic heterocycles. The fourth-order valence-electron chi connectivity index (χ4n) is 1.03. The summed E-state index contributed by atoms with van der Waals surface area (Å²) in [4.78, 5) is 0. The van der Waals surface area contributed by atoms with Crippen LogP contribution in [0.2, 0.25) is 0 Å². The minimum absolute atomic E-state index is 0.00810. The second kappa shape index (κ2) is 2.72. The Kier molecular flexibility index (Phi) is 2.14. The molecule has 0 aromatic rings. The van der Waals surface area contributed by atoms with Crippen LogP contribution in [0.5, 0.6) is 0 Å². The van der Waals surface area contributed by atoms with Gasteiger partial charge in [-0.1, -0.05) is 12.2 Å². The average molecular weight is 147 g/mol. The SMILES string of the molecule is C=C1CCC(O)CC1Cl. The Balaban J connectivity index is 2.44. The van der Waals surface area contributed by atoms with Crippen LogP contribution in [0.4, 0.5) is 0 Å². The van der Waals surface area contributed by atoms with Crippen LogP contribution < -0.4 is 0 Å². The van der Waals surface area contributed by atoms with Crippen LogP contribution in [0.1, 0.15) is 19.3 Å². The van der Waals surface area contributed by atoms with Crippen molar-refractivity contribution in [1.29, 1.82) is 0 Å². The number of allylic oxidation sites excluding steroid dienone is 1. The molecule has 52 valence electrons. The Morgan fingerprint density at radius 2 is 2.33 bits per heavy atom. The quantitative estimate of drug-likeness (QED) is 0.408. The van der Waals surface area contributed by atoms with Crippen molar-refractivity contribution in [2.45, 2.75) is 30.7 Å². The summed E-state index contributed by atoms with van der Waals surface area (Å²) >= 11 is 5.80. The van der Waals surface area contributed by atoms with Crippen LogP contribution in [0.15, 0.2) is 12.2 Å². The molecule has 1 aliphatic carbocycles. The molecule has 0 amide bonds. The van der Waals surface area contributed by atoms with Gasteiger partial charge in [0.2, 0.25) is 0 Å². The first-order valence-electron chi connectivity index (χ1n) is 3.20. The van der Waals surface area contributed by atoms with Gasteiger partial charge in [0.15, 0.2) is 0 Å². The van der Waals surface area contributed by atoms with Crippen LogP contribution >= 0.6 is 11.6 Å². The highest BCUT2D eigenvalue weighted by Crippen LogP contribution is 2.26. The number of aliphatic hydroxyl groups is 1. The summed E-state index contributed by atoms with van der Waals surface area (Å²) in [6.45, 7) is 3.79. The summed E-state index contributed by atoms with van der Waals surface area (Å²) in [6.07, 6.45) is 2.20. The van der Waals surface area contributed by atoms with Gasteiger partial charge in [-0.15, -0.1) is 11.6 Å². The van der Waals surface area contributed by atoms with E-state index in [4.69, 9.17) is 16.7 Å². The van der Waals surface area contributed by atoms with Crippen molar-refractivity contribution in [3.63, 3.8) is 0 Å². The monoisotopic (exact) mass is 146 g/mol. The van der Waals surface area contributed by atoms with E-state index in [0.717, 1.165) is 18.4 Å². The number of halogens is 1. The molecule has 0 heterocycles. The maximum Gasteiger partial charge on any atom is 0.0567 e. The Bertz CT molecular complexity index is 122. The molecule has 2 unspecified atom stereocenters. The lowest BCUT2D eigenvalue weighted by molar-refractivity contribution is 0.145. The summed E-state index contributed by atoms with van der Waals surface area (Å²) in [7, 11) is 0.